The fourth-order valence-corrected chi connectivity index (χ4v) is 9.43. The standard InChI is InChI=1S/C41H49N5O6S/c1-24(2)46-38(35(20-42-46)41(48)44-22-31-12-13-32(23-44)52-31)29-17-28-18-30(51-5)14-16-33(28)39-37(26-9-7-6-8-10-26)34-15-11-27(19-36(34)45(39)21-29)40(47)43-53(49,50)25(3)4/h11,14-20,24-26,31-32H,6-10,12-13,21-23H2,1-5H3,(H,43,47). The van der Waals surface area contributed by atoms with Crippen LogP contribution in [0.2, 0.25) is 0 Å². The summed E-state index contributed by atoms with van der Waals surface area (Å²) in [6, 6.07) is 11.7. The number of carbonyl (C=O) groups is 2. The zero-order chi connectivity index (χ0) is 37.2. The Bertz CT molecular complexity index is 2230. The van der Waals surface area contributed by atoms with Crippen LogP contribution in [0.1, 0.15) is 122 Å². The van der Waals surface area contributed by atoms with Crippen LogP contribution in [0.3, 0.4) is 0 Å². The van der Waals surface area contributed by atoms with Crippen molar-refractivity contribution in [3.8, 4) is 17.0 Å². The Morgan fingerprint density at radius 3 is 2.36 bits per heavy atom. The van der Waals surface area contributed by atoms with Gasteiger partial charge in [0, 0.05) is 41.2 Å². The summed E-state index contributed by atoms with van der Waals surface area (Å²) in [4.78, 5) is 29.9. The van der Waals surface area contributed by atoms with Crippen LogP contribution in [-0.4, -0.2) is 77.1 Å². The van der Waals surface area contributed by atoms with Crippen molar-refractivity contribution < 1.29 is 27.5 Å². The number of ether oxygens (including phenoxy) is 2. The molecule has 2 aromatic carbocycles. The van der Waals surface area contributed by atoms with Gasteiger partial charge in [-0.25, -0.2) is 13.1 Å². The summed E-state index contributed by atoms with van der Waals surface area (Å²) in [5.74, 6) is 0.338. The van der Waals surface area contributed by atoms with E-state index in [1.54, 1.807) is 33.2 Å². The first-order valence-corrected chi connectivity index (χ1v) is 20.6. The summed E-state index contributed by atoms with van der Waals surface area (Å²) in [5.41, 5.74) is 7.69. The highest BCUT2D eigenvalue weighted by Crippen LogP contribution is 2.48. The van der Waals surface area contributed by atoms with Crippen LogP contribution in [0.15, 0.2) is 42.6 Å². The number of morpholine rings is 1. The molecule has 0 spiro atoms. The Hall–Kier alpha value is -4.42. The molecule has 1 N–H and O–H groups in total. The van der Waals surface area contributed by atoms with Crippen LogP contribution in [0.5, 0.6) is 5.75 Å². The van der Waals surface area contributed by atoms with E-state index in [9.17, 15) is 18.0 Å². The number of hydrogen-bond acceptors (Lipinski definition) is 7. The lowest BCUT2D eigenvalue weighted by Crippen LogP contribution is -2.46. The lowest BCUT2D eigenvalue weighted by molar-refractivity contribution is -0.0303. The molecule has 1 saturated carbocycles. The van der Waals surface area contributed by atoms with E-state index in [1.165, 1.54) is 12.0 Å². The number of carbonyl (C=O) groups excluding carboxylic acids is 2. The van der Waals surface area contributed by atoms with E-state index < -0.39 is 21.2 Å². The average molecular weight is 740 g/mol. The Morgan fingerprint density at radius 2 is 1.68 bits per heavy atom. The number of benzene rings is 2. The highest BCUT2D eigenvalue weighted by Gasteiger charge is 2.38. The predicted octanol–water partition coefficient (Wildman–Crippen LogP) is 7.17. The maximum atomic E-state index is 14.5. The van der Waals surface area contributed by atoms with E-state index in [-0.39, 0.29) is 29.7 Å². The minimum absolute atomic E-state index is 0.0294. The number of amides is 2. The van der Waals surface area contributed by atoms with Crippen molar-refractivity contribution in [3.05, 3.63) is 70.5 Å². The largest absolute Gasteiger partial charge is 0.497 e. The van der Waals surface area contributed by atoms with Gasteiger partial charge in [-0.3, -0.25) is 14.3 Å². The smallest absolute Gasteiger partial charge is 0.264 e. The molecule has 2 unspecified atom stereocenters. The molecule has 2 saturated heterocycles. The van der Waals surface area contributed by atoms with Gasteiger partial charge < -0.3 is 18.9 Å². The minimum Gasteiger partial charge on any atom is -0.497 e. The summed E-state index contributed by atoms with van der Waals surface area (Å²) >= 11 is 0. The fraction of sp³-hybridized carbons (Fsp3) is 0.488. The lowest BCUT2D eigenvalue weighted by Gasteiger charge is -2.32. The van der Waals surface area contributed by atoms with Crippen LogP contribution < -0.4 is 9.46 Å². The third-order valence-electron chi connectivity index (χ3n) is 11.6. The number of sulfonamides is 1. The molecule has 4 aromatic rings. The molecule has 1 aliphatic carbocycles. The molecular formula is C41H49N5O6S. The SMILES string of the molecule is COc1ccc2c(c1)C=C(c1c(C(=O)N3CC4CCC(C3)O4)cnn1C(C)C)Cn1c-2c(C2CCCCC2)c2ccc(C(=O)NS(=O)(=O)C(C)C)cc21. The van der Waals surface area contributed by atoms with Gasteiger partial charge >= 0.3 is 0 Å². The number of hydrogen-bond donors (Lipinski definition) is 1. The van der Waals surface area contributed by atoms with Crippen molar-refractivity contribution in [2.45, 2.75) is 109 Å². The number of aromatic nitrogens is 3. The molecule has 3 aliphatic heterocycles. The molecule has 5 heterocycles. The van der Waals surface area contributed by atoms with E-state index in [4.69, 9.17) is 14.6 Å². The minimum atomic E-state index is -3.84. The second-order valence-electron chi connectivity index (χ2n) is 15.7. The molecule has 2 aromatic heterocycles. The number of fused-ring (bicyclic) bond motifs is 7. The van der Waals surface area contributed by atoms with Crippen molar-refractivity contribution in [2.75, 3.05) is 20.2 Å². The van der Waals surface area contributed by atoms with Crippen molar-refractivity contribution in [3.63, 3.8) is 0 Å². The quantitative estimate of drug-likeness (QED) is 0.203. The van der Waals surface area contributed by atoms with Crippen molar-refractivity contribution in [1.82, 2.24) is 24.0 Å². The van der Waals surface area contributed by atoms with Crippen molar-refractivity contribution >= 4 is 44.4 Å². The number of nitrogens with zero attached hydrogens (tertiary/aromatic N) is 4. The number of allylic oxidation sites excluding steroid dienone is 1. The zero-order valence-electron chi connectivity index (χ0n) is 31.2. The van der Waals surface area contributed by atoms with E-state index in [1.807, 2.05) is 27.8 Å². The third kappa shape index (κ3) is 6.37. The van der Waals surface area contributed by atoms with Gasteiger partial charge in [0.05, 0.1) is 54.3 Å². The summed E-state index contributed by atoms with van der Waals surface area (Å²) in [6.07, 6.45) is 11.6. The molecule has 2 bridgehead atoms. The Labute approximate surface area is 311 Å². The Balaban J connectivity index is 1.34. The topological polar surface area (TPSA) is 125 Å². The fourth-order valence-electron chi connectivity index (χ4n) is 8.81. The molecule has 0 radical (unpaired) electrons. The van der Waals surface area contributed by atoms with Gasteiger partial charge in [0.25, 0.3) is 11.8 Å². The second-order valence-corrected chi connectivity index (χ2v) is 17.9. The first kappa shape index (κ1) is 35.6. The van der Waals surface area contributed by atoms with Crippen LogP contribution in [0.4, 0.5) is 0 Å². The van der Waals surface area contributed by atoms with E-state index in [0.29, 0.717) is 31.1 Å². The molecule has 3 fully saturated rings. The molecule has 12 heteroatoms. The van der Waals surface area contributed by atoms with Gasteiger partial charge in [0.2, 0.25) is 10.0 Å². The van der Waals surface area contributed by atoms with Crippen LogP contribution in [0, 0.1) is 0 Å². The molecule has 4 aliphatic rings. The third-order valence-corrected chi connectivity index (χ3v) is 13.3. The highest BCUT2D eigenvalue weighted by molar-refractivity contribution is 7.90. The van der Waals surface area contributed by atoms with Gasteiger partial charge in [0.1, 0.15) is 5.75 Å². The summed E-state index contributed by atoms with van der Waals surface area (Å²) in [7, 11) is -2.17. The van der Waals surface area contributed by atoms with Crippen LogP contribution in [-0.2, 0) is 21.3 Å². The van der Waals surface area contributed by atoms with Crippen LogP contribution in [0.25, 0.3) is 33.8 Å². The monoisotopic (exact) mass is 739 g/mol. The number of rotatable bonds is 8. The van der Waals surface area contributed by atoms with Gasteiger partial charge in [-0.05, 0) is 112 Å². The number of nitrogens with one attached hydrogen (secondary N) is 1. The molecule has 2 atom stereocenters. The lowest BCUT2D eigenvalue weighted by atomic mass is 9.81. The average Bonchev–Trinajstić information content (AvgIpc) is 3.80. The number of likely N-dealkylation sites (tertiary alicyclic amines) is 1. The normalized spacial score (nSPS) is 20.4. The van der Waals surface area contributed by atoms with E-state index in [2.05, 4.69) is 41.3 Å². The molecule has 53 heavy (non-hydrogen) atoms. The maximum absolute atomic E-state index is 14.5. The molecular weight excluding hydrogens is 691 g/mol. The Kier molecular flexibility index (Phi) is 9.25. The number of methoxy groups -OCH3 is 1. The first-order valence-electron chi connectivity index (χ1n) is 19.1. The molecule has 11 nitrogen and oxygen atoms in total. The van der Waals surface area contributed by atoms with Gasteiger partial charge in [0.15, 0.2) is 0 Å². The maximum Gasteiger partial charge on any atom is 0.264 e. The summed E-state index contributed by atoms with van der Waals surface area (Å²) in [6.45, 7) is 8.77. The first-order chi connectivity index (χ1) is 25.4. The molecule has 280 valence electrons. The van der Waals surface area contributed by atoms with Crippen molar-refractivity contribution in [1.29, 1.82) is 0 Å². The van der Waals surface area contributed by atoms with E-state index in [0.717, 1.165) is 83.3 Å². The predicted molar refractivity (Wildman–Crippen MR) is 206 cm³/mol. The summed E-state index contributed by atoms with van der Waals surface area (Å²) in [5, 5.41) is 5.11. The highest BCUT2D eigenvalue weighted by atomic mass is 32.2. The van der Waals surface area contributed by atoms with Gasteiger partial charge in [-0.2, -0.15) is 5.10 Å². The van der Waals surface area contributed by atoms with Crippen molar-refractivity contribution in [2.24, 2.45) is 0 Å². The zero-order valence-corrected chi connectivity index (χ0v) is 32.0. The second kappa shape index (κ2) is 13.8. The van der Waals surface area contributed by atoms with Crippen LogP contribution >= 0.6 is 0 Å². The Morgan fingerprint density at radius 1 is 0.943 bits per heavy atom. The van der Waals surface area contributed by atoms with Gasteiger partial charge in [-0.15, -0.1) is 0 Å². The van der Waals surface area contributed by atoms with Gasteiger partial charge in [-0.1, -0.05) is 25.3 Å². The summed E-state index contributed by atoms with van der Waals surface area (Å²) < 4.78 is 43.8. The van der Waals surface area contributed by atoms with E-state index >= 15 is 0 Å². The molecule has 8 rings (SSSR count). The molecule has 2 amide bonds.